The van der Waals surface area contributed by atoms with E-state index in [1.807, 2.05) is 27.7 Å². The van der Waals surface area contributed by atoms with E-state index in [0.717, 1.165) is 31.4 Å². The van der Waals surface area contributed by atoms with Crippen LogP contribution < -0.4 is 0 Å². The van der Waals surface area contributed by atoms with Gasteiger partial charge in [-0.15, -0.1) is 0 Å². The zero-order valence-electron chi connectivity index (χ0n) is 17.7. The Hall–Kier alpha value is -1.55. The summed E-state index contributed by atoms with van der Waals surface area (Å²) >= 11 is 0. The minimum Gasteiger partial charge on any atom is -0.402 e. The van der Waals surface area contributed by atoms with E-state index in [9.17, 15) is 9.90 Å². The highest BCUT2D eigenvalue weighted by Gasteiger charge is 2.50. The summed E-state index contributed by atoms with van der Waals surface area (Å²) in [7, 11) is -0.458. The second kappa shape index (κ2) is 8.67. The van der Waals surface area contributed by atoms with Crippen LogP contribution in [0.15, 0.2) is 18.6 Å². The molecule has 1 amide bonds. The van der Waals surface area contributed by atoms with Gasteiger partial charge < -0.3 is 24.4 Å². The van der Waals surface area contributed by atoms with Crippen molar-refractivity contribution in [2.24, 2.45) is 5.92 Å². The topological polar surface area (TPSA) is 105 Å². The van der Waals surface area contributed by atoms with Crippen molar-refractivity contribution in [2.75, 3.05) is 6.51 Å². The van der Waals surface area contributed by atoms with E-state index in [-0.39, 0.29) is 35.6 Å². The van der Waals surface area contributed by atoms with Gasteiger partial charge in [-0.2, -0.15) is 0 Å². The van der Waals surface area contributed by atoms with E-state index in [1.54, 1.807) is 23.5 Å². The van der Waals surface area contributed by atoms with Crippen molar-refractivity contribution in [3.8, 4) is 0 Å². The number of hydrogen-bond donors (Lipinski definition) is 2. The molecule has 4 rings (SSSR count). The molecule has 3 aliphatic rings. The fourth-order valence-corrected chi connectivity index (χ4v) is 3.77. The number of nitrogens with zero attached hydrogens (tertiary/aromatic N) is 3. The van der Waals surface area contributed by atoms with Crippen LogP contribution in [0.5, 0.6) is 0 Å². The molecule has 2 unspecified atom stereocenters. The molecule has 160 valence electrons. The molecule has 2 atom stereocenters. The van der Waals surface area contributed by atoms with Crippen molar-refractivity contribution >= 4 is 13.0 Å². The Kier molecular flexibility index (Phi) is 6.62. The van der Waals surface area contributed by atoms with Crippen LogP contribution in [0.4, 0.5) is 0 Å². The molecule has 2 aliphatic heterocycles. The molecule has 1 aliphatic carbocycles. The molecule has 2 saturated heterocycles. The number of carbonyl (C=O) groups is 1. The Morgan fingerprint density at radius 2 is 1.83 bits per heavy atom. The van der Waals surface area contributed by atoms with Crippen LogP contribution in [-0.4, -0.2) is 62.0 Å². The zero-order chi connectivity index (χ0) is 21.2. The molecule has 0 radical (unpaired) electrons. The number of amides is 1. The maximum atomic E-state index is 12.3. The molecule has 1 aromatic rings. The lowest BCUT2D eigenvalue weighted by molar-refractivity contribution is -0.148. The first-order valence-corrected chi connectivity index (χ1v) is 10.4. The summed E-state index contributed by atoms with van der Waals surface area (Å²) in [5, 5.41) is 18.8. The summed E-state index contributed by atoms with van der Waals surface area (Å²) in [6, 6.07) is -0.109. The highest BCUT2D eigenvalue weighted by molar-refractivity contribution is 6.45. The second-order valence-electron chi connectivity index (χ2n) is 8.95. The summed E-state index contributed by atoms with van der Waals surface area (Å²) in [5.41, 5.74) is 0.141. The molecule has 3 fully saturated rings. The number of hydrogen-bond acceptors (Lipinski definition) is 7. The van der Waals surface area contributed by atoms with Gasteiger partial charge in [-0.1, -0.05) is 6.42 Å². The Morgan fingerprint density at radius 1 is 1.17 bits per heavy atom. The summed E-state index contributed by atoms with van der Waals surface area (Å²) in [4.78, 5) is 22.3. The SMILES string of the molecule is CC1(C)OB(CO)OC1(C)C.O=C(C1CCC1)N1C(O)CCC1c1cnccn1. The predicted octanol–water partition coefficient (Wildman–Crippen LogP) is 1.87. The minimum absolute atomic E-state index is 0.0765. The van der Waals surface area contributed by atoms with Crippen molar-refractivity contribution in [3.63, 3.8) is 0 Å². The number of aliphatic hydroxyl groups excluding tert-OH is 2. The van der Waals surface area contributed by atoms with Gasteiger partial charge in [-0.3, -0.25) is 14.8 Å². The third-order valence-electron chi connectivity index (χ3n) is 6.44. The maximum Gasteiger partial charge on any atom is 0.485 e. The number of aliphatic hydroxyl groups is 2. The Balaban J connectivity index is 0.000000188. The molecule has 1 aromatic heterocycles. The first-order valence-electron chi connectivity index (χ1n) is 10.4. The third-order valence-corrected chi connectivity index (χ3v) is 6.44. The van der Waals surface area contributed by atoms with Crippen molar-refractivity contribution in [1.82, 2.24) is 14.9 Å². The Bertz CT molecular complexity index is 683. The molecule has 0 spiro atoms. The smallest absolute Gasteiger partial charge is 0.402 e. The van der Waals surface area contributed by atoms with Gasteiger partial charge in [0.2, 0.25) is 5.91 Å². The van der Waals surface area contributed by atoms with E-state index in [2.05, 4.69) is 9.97 Å². The van der Waals surface area contributed by atoms with E-state index < -0.39 is 13.3 Å². The monoisotopic (exact) mass is 405 g/mol. The quantitative estimate of drug-likeness (QED) is 0.740. The molecule has 2 N–H and O–H groups in total. The van der Waals surface area contributed by atoms with Crippen molar-refractivity contribution in [3.05, 3.63) is 24.3 Å². The molecule has 29 heavy (non-hydrogen) atoms. The van der Waals surface area contributed by atoms with Crippen LogP contribution in [0.1, 0.15) is 71.5 Å². The number of aromatic nitrogens is 2. The van der Waals surface area contributed by atoms with Crippen LogP contribution in [0.3, 0.4) is 0 Å². The summed E-state index contributed by atoms with van der Waals surface area (Å²) < 4.78 is 10.9. The predicted molar refractivity (Wildman–Crippen MR) is 107 cm³/mol. The van der Waals surface area contributed by atoms with Crippen LogP contribution in [0.2, 0.25) is 0 Å². The van der Waals surface area contributed by atoms with Crippen molar-refractivity contribution < 1.29 is 24.3 Å². The minimum atomic E-state index is -0.662. The lowest BCUT2D eigenvalue weighted by Crippen LogP contribution is -2.43. The Labute approximate surface area is 172 Å². The molecule has 3 heterocycles. The van der Waals surface area contributed by atoms with Gasteiger partial charge in [0, 0.05) is 18.3 Å². The fourth-order valence-electron chi connectivity index (χ4n) is 3.77. The van der Waals surface area contributed by atoms with Gasteiger partial charge in [-0.25, -0.2) is 0 Å². The fraction of sp³-hybridized carbons (Fsp3) is 0.750. The average Bonchev–Trinajstić information content (AvgIpc) is 3.11. The van der Waals surface area contributed by atoms with Crippen LogP contribution in [0, 0.1) is 5.92 Å². The van der Waals surface area contributed by atoms with Gasteiger partial charge in [0.15, 0.2) is 0 Å². The zero-order valence-corrected chi connectivity index (χ0v) is 17.7. The average molecular weight is 405 g/mol. The standard InChI is InChI=1S/C13H17N3O2.C7H15BO3/c17-12-5-4-11(10-8-14-6-7-15-10)16(12)13(18)9-2-1-3-9;1-6(2)7(3,4)11-8(5-9)10-6/h6-9,11-12,17H,1-5H2;9H,5H2,1-4H3. The molecule has 1 saturated carbocycles. The first-order chi connectivity index (χ1) is 13.7. The summed E-state index contributed by atoms with van der Waals surface area (Å²) in [6.07, 6.45) is 8.69. The molecule has 0 bridgehead atoms. The number of rotatable bonds is 3. The maximum absolute atomic E-state index is 12.3. The first kappa shape index (κ1) is 22.1. The van der Waals surface area contributed by atoms with Crippen LogP contribution in [-0.2, 0) is 14.1 Å². The van der Waals surface area contributed by atoms with Gasteiger partial charge in [0.1, 0.15) is 6.23 Å². The molecular formula is C20H32BN3O5. The van der Waals surface area contributed by atoms with Crippen LogP contribution in [0.25, 0.3) is 0 Å². The molecule has 8 nitrogen and oxygen atoms in total. The Morgan fingerprint density at radius 3 is 2.28 bits per heavy atom. The lowest BCUT2D eigenvalue weighted by atomic mass is 9.84. The second-order valence-corrected chi connectivity index (χ2v) is 8.95. The summed E-state index contributed by atoms with van der Waals surface area (Å²) in [5.74, 6) is 0.193. The molecular weight excluding hydrogens is 373 g/mol. The van der Waals surface area contributed by atoms with E-state index in [1.165, 1.54) is 0 Å². The highest BCUT2D eigenvalue weighted by Crippen LogP contribution is 2.39. The van der Waals surface area contributed by atoms with Crippen LogP contribution >= 0.6 is 0 Å². The van der Waals surface area contributed by atoms with E-state index in [4.69, 9.17) is 14.4 Å². The molecule has 9 heteroatoms. The number of likely N-dealkylation sites (tertiary alicyclic amines) is 1. The lowest BCUT2D eigenvalue weighted by Gasteiger charge is -2.34. The van der Waals surface area contributed by atoms with Crippen molar-refractivity contribution in [2.45, 2.75) is 83.3 Å². The van der Waals surface area contributed by atoms with Gasteiger partial charge >= 0.3 is 7.12 Å². The van der Waals surface area contributed by atoms with Gasteiger partial charge in [-0.05, 0) is 53.4 Å². The number of carbonyl (C=O) groups excluding carboxylic acids is 1. The highest BCUT2D eigenvalue weighted by atomic mass is 16.7. The van der Waals surface area contributed by atoms with Gasteiger partial charge in [0.25, 0.3) is 0 Å². The third kappa shape index (κ3) is 4.63. The van der Waals surface area contributed by atoms with Gasteiger partial charge in [0.05, 0.1) is 35.6 Å². The molecule has 0 aromatic carbocycles. The summed E-state index contributed by atoms with van der Waals surface area (Å²) in [6.45, 7) is 7.77. The van der Waals surface area contributed by atoms with E-state index >= 15 is 0 Å². The largest absolute Gasteiger partial charge is 0.485 e. The van der Waals surface area contributed by atoms with Crippen molar-refractivity contribution in [1.29, 1.82) is 0 Å². The van der Waals surface area contributed by atoms with E-state index in [0.29, 0.717) is 6.42 Å². The normalized spacial score (nSPS) is 27.9.